The molecule has 0 saturated heterocycles. The Morgan fingerprint density at radius 3 is 2.56 bits per heavy atom. The first-order chi connectivity index (χ1) is 15.5. The third kappa shape index (κ3) is 2.49. The van der Waals surface area contributed by atoms with Crippen LogP contribution in [0.15, 0.2) is 46.1 Å². The number of aromatic nitrogens is 2. The van der Waals surface area contributed by atoms with E-state index in [0.29, 0.717) is 41.3 Å². The lowest BCUT2D eigenvalue weighted by atomic mass is 9.88. The number of rotatable bonds is 2. The second kappa shape index (κ2) is 6.52. The average Bonchev–Trinajstić information content (AvgIpc) is 3.47. The molecule has 10 heteroatoms. The lowest BCUT2D eigenvalue weighted by molar-refractivity contribution is -0.0776. The van der Waals surface area contributed by atoms with Gasteiger partial charge in [-0.2, -0.15) is 4.98 Å². The SMILES string of the molecule is CC1=NOC2(c3ccc(N)cc3)c3cc4c(cc3C[C@@H](C)N(c3nc(C)no3)N12)OCO4. The van der Waals surface area contributed by atoms with Gasteiger partial charge in [-0.3, -0.25) is 0 Å². The van der Waals surface area contributed by atoms with E-state index >= 15 is 0 Å². The maximum atomic E-state index is 6.30. The molecule has 6 rings (SSSR count). The first-order valence-electron chi connectivity index (χ1n) is 10.4. The molecular formula is C22H22N6O4. The van der Waals surface area contributed by atoms with Crippen molar-refractivity contribution in [3.05, 3.63) is 58.9 Å². The number of benzene rings is 2. The molecule has 0 radical (unpaired) electrons. The van der Waals surface area contributed by atoms with Crippen LogP contribution in [0.1, 0.15) is 36.4 Å². The van der Waals surface area contributed by atoms with Gasteiger partial charge in [0.05, 0.1) is 6.04 Å². The molecule has 0 bridgehead atoms. The molecule has 2 N–H and O–H groups in total. The molecule has 0 saturated carbocycles. The molecule has 0 fully saturated rings. The third-order valence-electron chi connectivity index (χ3n) is 6.04. The number of oxime groups is 1. The minimum Gasteiger partial charge on any atom is -0.454 e. The normalized spacial score (nSPS) is 23.3. The molecule has 1 unspecified atom stereocenters. The van der Waals surface area contributed by atoms with E-state index in [1.54, 1.807) is 6.92 Å². The van der Waals surface area contributed by atoms with E-state index in [2.05, 4.69) is 22.2 Å². The van der Waals surface area contributed by atoms with Crippen LogP contribution in [0.3, 0.4) is 0 Å². The van der Waals surface area contributed by atoms with Gasteiger partial charge >= 0.3 is 6.01 Å². The highest BCUT2D eigenvalue weighted by atomic mass is 16.7. The van der Waals surface area contributed by atoms with E-state index < -0.39 is 5.72 Å². The molecule has 1 aromatic heterocycles. The molecule has 32 heavy (non-hydrogen) atoms. The summed E-state index contributed by atoms with van der Waals surface area (Å²) < 4.78 is 17.0. The summed E-state index contributed by atoms with van der Waals surface area (Å²) in [5.41, 5.74) is 8.33. The number of anilines is 2. The summed E-state index contributed by atoms with van der Waals surface area (Å²) in [6.45, 7) is 5.97. The minimum atomic E-state index is -1.12. The zero-order chi connectivity index (χ0) is 22.0. The molecule has 0 aliphatic carbocycles. The fraction of sp³-hybridized carbons (Fsp3) is 0.318. The van der Waals surface area contributed by atoms with Gasteiger partial charge < -0.3 is 24.6 Å². The van der Waals surface area contributed by atoms with Gasteiger partial charge in [-0.05, 0) is 57.0 Å². The van der Waals surface area contributed by atoms with Gasteiger partial charge in [0.25, 0.3) is 5.72 Å². The molecule has 10 nitrogen and oxygen atoms in total. The van der Waals surface area contributed by atoms with Gasteiger partial charge in [0, 0.05) is 16.8 Å². The molecule has 164 valence electrons. The number of aryl methyl sites for hydroxylation is 1. The van der Waals surface area contributed by atoms with Crippen LogP contribution in [-0.2, 0) is 17.0 Å². The highest BCUT2D eigenvalue weighted by Gasteiger charge is 2.56. The molecular weight excluding hydrogens is 412 g/mol. The van der Waals surface area contributed by atoms with Crippen molar-refractivity contribution in [3.63, 3.8) is 0 Å². The quantitative estimate of drug-likeness (QED) is 0.609. The van der Waals surface area contributed by atoms with Crippen LogP contribution >= 0.6 is 0 Å². The average molecular weight is 434 g/mol. The highest BCUT2D eigenvalue weighted by Crippen LogP contribution is 2.50. The number of hydrogen-bond acceptors (Lipinski definition) is 10. The summed E-state index contributed by atoms with van der Waals surface area (Å²) >= 11 is 0. The second-order valence-electron chi connectivity index (χ2n) is 8.19. The lowest BCUT2D eigenvalue weighted by Crippen LogP contribution is -2.57. The summed E-state index contributed by atoms with van der Waals surface area (Å²) in [5.74, 6) is 2.58. The van der Waals surface area contributed by atoms with Crippen molar-refractivity contribution in [1.29, 1.82) is 0 Å². The van der Waals surface area contributed by atoms with Gasteiger partial charge in [-0.15, -0.1) is 0 Å². The Balaban J connectivity index is 1.65. The number of nitrogens with zero attached hydrogens (tertiary/aromatic N) is 5. The van der Waals surface area contributed by atoms with E-state index in [-0.39, 0.29) is 12.8 Å². The first-order valence-corrected chi connectivity index (χ1v) is 10.4. The number of hydrazine groups is 1. The van der Waals surface area contributed by atoms with Crippen molar-refractivity contribution in [2.45, 2.75) is 39.0 Å². The topological polar surface area (TPSA) is 111 Å². The van der Waals surface area contributed by atoms with Gasteiger partial charge in [0.1, 0.15) is 0 Å². The minimum absolute atomic E-state index is 0.0588. The van der Waals surface area contributed by atoms with Crippen LogP contribution in [0.2, 0.25) is 0 Å². The van der Waals surface area contributed by atoms with Gasteiger partial charge in [-0.25, -0.2) is 10.0 Å². The van der Waals surface area contributed by atoms with Crippen LogP contribution in [0.4, 0.5) is 11.7 Å². The number of amidine groups is 1. The molecule has 2 atom stereocenters. The van der Waals surface area contributed by atoms with Crippen molar-refractivity contribution < 1.29 is 18.8 Å². The maximum absolute atomic E-state index is 6.30. The van der Waals surface area contributed by atoms with Crippen LogP contribution in [0.5, 0.6) is 11.5 Å². The fourth-order valence-electron chi connectivity index (χ4n) is 4.67. The fourth-order valence-corrected chi connectivity index (χ4v) is 4.67. The number of fused-ring (bicyclic) bond motifs is 4. The summed E-state index contributed by atoms with van der Waals surface area (Å²) in [5, 5.41) is 12.4. The van der Waals surface area contributed by atoms with E-state index in [1.165, 1.54) is 0 Å². The van der Waals surface area contributed by atoms with E-state index in [9.17, 15) is 0 Å². The predicted molar refractivity (Wildman–Crippen MR) is 115 cm³/mol. The van der Waals surface area contributed by atoms with E-state index in [0.717, 1.165) is 16.7 Å². The molecule has 3 aliphatic heterocycles. The Morgan fingerprint density at radius 1 is 1.09 bits per heavy atom. The summed E-state index contributed by atoms with van der Waals surface area (Å²) in [6, 6.07) is 11.9. The van der Waals surface area contributed by atoms with Crippen LogP contribution in [0.25, 0.3) is 0 Å². The van der Waals surface area contributed by atoms with Crippen molar-refractivity contribution in [3.8, 4) is 11.5 Å². The predicted octanol–water partition coefficient (Wildman–Crippen LogP) is 2.92. The molecule has 0 amide bonds. The van der Waals surface area contributed by atoms with Crippen LogP contribution in [-0.4, -0.2) is 33.8 Å². The summed E-state index contributed by atoms with van der Waals surface area (Å²) in [7, 11) is 0. The Morgan fingerprint density at radius 2 is 1.84 bits per heavy atom. The Labute approximate surface area is 184 Å². The van der Waals surface area contributed by atoms with E-state index in [4.69, 9.17) is 24.6 Å². The number of hydrogen-bond donors (Lipinski definition) is 1. The van der Waals surface area contributed by atoms with Crippen molar-refractivity contribution in [1.82, 2.24) is 15.1 Å². The maximum Gasteiger partial charge on any atom is 0.343 e. The molecule has 3 aliphatic rings. The molecule has 3 aromatic rings. The van der Waals surface area contributed by atoms with Gasteiger partial charge in [-0.1, -0.05) is 22.4 Å². The van der Waals surface area contributed by atoms with Crippen molar-refractivity contribution in [2.24, 2.45) is 5.16 Å². The van der Waals surface area contributed by atoms with Crippen molar-refractivity contribution >= 4 is 17.5 Å². The second-order valence-corrected chi connectivity index (χ2v) is 8.19. The standard InChI is InChI=1S/C22H22N6O4/c1-12-8-15-9-19-20(30-11-29-19)10-18(15)22(16-4-6-17(23)7-5-16)28(14(3)26-32-22)27(12)21-24-13(2)25-31-21/h4-7,9-10,12H,8,11,23H2,1-3H3/t12-,22?/m1/s1. The molecule has 4 heterocycles. The van der Waals surface area contributed by atoms with Crippen LogP contribution < -0.4 is 20.2 Å². The Bertz CT molecular complexity index is 1240. The Kier molecular flexibility index (Phi) is 3.83. The summed E-state index contributed by atoms with van der Waals surface area (Å²) in [6.07, 6.45) is 0.678. The zero-order valence-electron chi connectivity index (χ0n) is 17.9. The molecule has 0 spiro atoms. The van der Waals surface area contributed by atoms with Gasteiger partial charge in [0.2, 0.25) is 6.79 Å². The molecule has 2 aromatic carbocycles. The third-order valence-corrected chi connectivity index (χ3v) is 6.04. The van der Waals surface area contributed by atoms with Crippen molar-refractivity contribution in [2.75, 3.05) is 17.5 Å². The number of nitrogens with two attached hydrogens (primary N) is 1. The number of nitrogen functional groups attached to an aromatic ring is 1. The Hall–Kier alpha value is -3.95. The number of ether oxygens (including phenoxy) is 2. The lowest BCUT2D eigenvalue weighted by Gasteiger charge is -2.42. The monoisotopic (exact) mass is 434 g/mol. The summed E-state index contributed by atoms with van der Waals surface area (Å²) in [4.78, 5) is 10.8. The van der Waals surface area contributed by atoms with E-state index in [1.807, 2.05) is 53.3 Å². The largest absolute Gasteiger partial charge is 0.454 e. The zero-order valence-corrected chi connectivity index (χ0v) is 17.9. The van der Waals surface area contributed by atoms with Crippen LogP contribution in [0, 0.1) is 6.92 Å². The van der Waals surface area contributed by atoms with Gasteiger partial charge in [0.15, 0.2) is 23.2 Å². The highest BCUT2D eigenvalue weighted by molar-refractivity contribution is 5.84. The smallest absolute Gasteiger partial charge is 0.343 e. The first kappa shape index (κ1) is 18.8.